The minimum absolute atomic E-state index is 0.0382. The number of ketones is 2. The standard InChI is InChI=1S/C55H52O4/c1-35-30-41(33-45(31-35)53(56)42-16-18-43(19-17-42)54(57)52-11-9-10-37(3)40(52)6)14-15-44-34-51(25-13-38(44)4)59-49-28-22-47(23-29-49)55(7,8)46-20-26-48(27-21-46)58-50-24-12-36(2)39(5)32-50/h9-13,16-34H,14-15H2,1-8H3. The third kappa shape index (κ3) is 9.29. The highest BCUT2D eigenvalue weighted by atomic mass is 16.5. The molecule has 4 heteroatoms. The van der Waals surface area contributed by atoms with Gasteiger partial charge in [0, 0.05) is 27.7 Å². The molecule has 4 nitrogen and oxygen atoms in total. The largest absolute Gasteiger partial charge is 0.457 e. The van der Waals surface area contributed by atoms with Crippen LogP contribution in [0.2, 0.25) is 0 Å². The summed E-state index contributed by atoms with van der Waals surface area (Å²) in [4.78, 5) is 26.9. The summed E-state index contributed by atoms with van der Waals surface area (Å²) in [6.07, 6.45) is 1.58. The molecular formula is C55H52O4. The Labute approximate surface area is 349 Å². The zero-order chi connectivity index (χ0) is 41.8. The molecule has 0 amide bonds. The van der Waals surface area contributed by atoms with E-state index in [0.29, 0.717) is 22.3 Å². The molecule has 296 valence electrons. The molecule has 0 heterocycles. The Kier molecular flexibility index (Phi) is 11.8. The summed E-state index contributed by atoms with van der Waals surface area (Å²) in [5.41, 5.74) is 13.7. The molecule has 0 aliphatic rings. The van der Waals surface area contributed by atoms with E-state index in [0.717, 1.165) is 58.1 Å². The number of benzene rings is 7. The molecule has 7 aromatic carbocycles. The molecule has 0 N–H and O–H groups in total. The number of carbonyl (C=O) groups is 2. The van der Waals surface area contributed by atoms with E-state index in [4.69, 9.17) is 9.47 Å². The lowest BCUT2D eigenvalue weighted by atomic mass is 9.78. The molecule has 7 rings (SSSR count). The molecule has 0 spiro atoms. The molecule has 0 saturated carbocycles. The Bertz CT molecular complexity index is 2650. The summed E-state index contributed by atoms with van der Waals surface area (Å²) >= 11 is 0. The average molecular weight is 777 g/mol. The SMILES string of the molecule is Cc1cc(CCc2cc(Oc3ccc(C(C)(C)c4ccc(Oc5ccc(C)c(C)c5)cc4)cc3)ccc2C)cc(C(=O)c2ccc(C(=O)c3cccc(C)c3C)cc2)c1. The topological polar surface area (TPSA) is 52.6 Å². The summed E-state index contributed by atoms with van der Waals surface area (Å²) in [6, 6.07) is 48.0. The van der Waals surface area contributed by atoms with E-state index < -0.39 is 0 Å². The van der Waals surface area contributed by atoms with Gasteiger partial charge in [0.2, 0.25) is 0 Å². The van der Waals surface area contributed by atoms with E-state index in [1.54, 1.807) is 24.3 Å². The van der Waals surface area contributed by atoms with Crippen LogP contribution in [0.3, 0.4) is 0 Å². The van der Waals surface area contributed by atoms with Crippen molar-refractivity contribution in [2.45, 2.75) is 73.6 Å². The van der Waals surface area contributed by atoms with Gasteiger partial charge in [0.1, 0.15) is 23.0 Å². The number of ether oxygens (including phenoxy) is 2. The van der Waals surface area contributed by atoms with E-state index in [-0.39, 0.29) is 17.0 Å². The van der Waals surface area contributed by atoms with Gasteiger partial charge >= 0.3 is 0 Å². The first-order valence-corrected chi connectivity index (χ1v) is 20.3. The summed E-state index contributed by atoms with van der Waals surface area (Å²) in [6.45, 7) is 16.8. The molecular weight excluding hydrogens is 725 g/mol. The first-order chi connectivity index (χ1) is 28.2. The molecule has 59 heavy (non-hydrogen) atoms. The third-order valence-corrected chi connectivity index (χ3v) is 11.8. The smallest absolute Gasteiger partial charge is 0.193 e. The summed E-state index contributed by atoms with van der Waals surface area (Å²) < 4.78 is 12.5. The normalized spacial score (nSPS) is 11.3. The summed E-state index contributed by atoms with van der Waals surface area (Å²) in [7, 11) is 0. The highest BCUT2D eigenvalue weighted by Gasteiger charge is 2.23. The van der Waals surface area contributed by atoms with Crippen molar-refractivity contribution in [1.82, 2.24) is 0 Å². The highest BCUT2D eigenvalue weighted by molar-refractivity contribution is 6.12. The molecule has 0 saturated heterocycles. The molecule has 0 atom stereocenters. The molecule has 0 unspecified atom stereocenters. The Balaban J connectivity index is 0.982. The van der Waals surface area contributed by atoms with Crippen LogP contribution >= 0.6 is 0 Å². The van der Waals surface area contributed by atoms with Crippen LogP contribution < -0.4 is 9.47 Å². The van der Waals surface area contributed by atoms with Crippen molar-refractivity contribution in [2.24, 2.45) is 0 Å². The van der Waals surface area contributed by atoms with E-state index >= 15 is 0 Å². The van der Waals surface area contributed by atoms with Gasteiger partial charge in [0.25, 0.3) is 0 Å². The van der Waals surface area contributed by atoms with Gasteiger partial charge in [-0.15, -0.1) is 0 Å². The molecule has 7 aromatic rings. The van der Waals surface area contributed by atoms with Crippen molar-refractivity contribution in [1.29, 1.82) is 0 Å². The van der Waals surface area contributed by atoms with Crippen LogP contribution in [0.5, 0.6) is 23.0 Å². The first-order valence-electron chi connectivity index (χ1n) is 20.3. The first kappa shape index (κ1) is 40.7. The molecule has 0 radical (unpaired) electrons. The van der Waals surface area contributed by atoms with Crippen LogP contribution in [0.15, 0.2) is 146 Å². The van der Waals surface area contributed by atoms with Gasteiger partial charge in [-0.1, -0.05) is 104 Å². The quantitative estimate of drug-likeness (QED) is 0.109. The Morgan fingerprint density at radius 1 is 0.458 bits per heavy atom. The van der Waals surface area contributed by atoms with Crippen LogP contribution in [0.4, 0.5) is 0 Å². The molecule has 0 fully saturated rings. The minimum atomic E-state index is -0.221. The zero-order valence-electron chi connectivity index (χ0n) is 35.4. The third-order valence-electron chi connectivity index (χ3n) is 11.8. The van der Waals surface area contributed by atoms with Crippen LogP contribution in [0, 0.1) is 41.5 Å². The van der Waals surface area contributed by atoms with Gasteiger partial charge in [-0.25, -0.2) is 0 Å². The van der Waals surface area contributed by atoms with Crippen LogP contribution in [0.1, 0.15) is 101 Å². The lowest BCUT2D eigenvalue weighted by Crippen LogP contribution is -2.18. The molecule has 0 aliphatic heterocycles. The van der Waals surface area contributed by atoms with Gasteiger partial charge in [-0.05, 0) is 165 Å². The maximum absolute atomic E-state index is 13.7. The van der Waals surface area contributed by atoms with Crippen molar-refractivity contribution in [3.05, 3.63) is 223 Å². The summed E-state index contributed by atoms with van der Waals surface area (Å²) in [5, 5.41) is 0. The maximum Gasteiger partial charge on any atom is 0.193 e. The second kappa shape index (κ2) is 17.1. The second-order valence-electron chi connectivity index (χ2n) is 16.4. The van der Waals surface area contributed by atoms with Gasteiger partial charge in [-0.3, -0.25) is 9.59 Å². The minimum Gasteiger partial charge on any atom is -0.457 e. The average Bonchev–Trinajstić information content (AvgIpc) is 3.23. The number of hydrogen-bond acceptors (Lipinski definition) is 4. The van der Waals surface area contributed by atoms with Gasteiger partial charge in [0.05, 0.1) is 0 Å². The van der Waals surface area contributed by atoms with Crippen LogP contribution in [0.25, 0.3) is 0 Å². The van der Waals surface area contributed by atoms with Gasteiger partial charge in [-0.2, -0.15) is 0 Å². The molecule has 0 bridgehead atoms. The lowest BCUT2D eigenvalue weighted by molar-refractivity contribution is 0.102. The van der Waals surface area contributed by atoms with Crippen molar-refractivity contribution >= 4 is 11.6 Å². The fourth-order valence-electron chi connectivity index (χ4n) is 7.59. The maximum atomic E-state index is 13.7. The molecule has 0 aliphatic carbocycles. The van der Waals surface area contributed by atoms with E-state index in [1.807, 2.05) is 87.5 Å². The molecule has 0 aromatic heterocycles. The number of aryl methyl sites for hydroxylation is 7. The number of carbonyl (C=O) groups excluding carboxylic acids is 2. The van der Waals surface area contributed by atoms with Crippen LogP contribution in [-0.4, -0.2) is 11.6 Å². The number of rotatable bonds is 13. The fourth-order valence-corrected chi connectivity index (χ4v) is 7.59. The Hall–Kier alpha value is -6.52. The Morgan fingerprint density at radius 3 is 1.59 bits per heavy atom. The van der Waals surface area contributed by atoms with Gasteiger partial charge < -0.3 is 9.47 Å². The van der Waals surface area contributed by atoms with Crippen molar-refractivity contribution in [2.75, 3.05) is 0 Å². The second-order valence-corrected chi connectivity index (χ2v) is 16.4. The zero-order valence-corrected chi connectivity index (χ0v) is 35.4. The predicted octanol–water partition coefficient (Wildman–Crippen LogP) is 13.7. The predicted molar refractivity (Wildman–Crippen MR) is 240 cm³/mol. The van der Waals surface area contributed by atoms with Crippen molar-refractivity contribution in [3.63, 3.8) is 0 Å². The van der Waals surface area contributed by atoms with Gasteiger partial charge in [0.15, 0.2) is 11.6 Å². The monoisotopic (exact) mass is 776 g/mol. The van der Waals surface area contributed by atoms with Crippen LogP contribution in [-0.2, 0) is 18.3 Å². The highest BCUT2D eigenvalue weighted by Crippen LogP contribution is 2.35. The lowest BCUT2D eigenvalue weighted by Gasteiger charge is -2.26. The Morgan fingerprint density at radius 2 is 1.00 bits per heavy atom. The summed E-state index contributed by atoms with van der Waals surface area (Å²) in [5.74, 6) is 3.13. The van der Waals surface area contributed by atoms with Crippen molar-refractivity contribution < 1.29 is 19.1 Å². The van der Waals surface area contributed by atoms with E-state index in [1.165, 1.54) is 33.4 Å². The van der Waals surface area contributed by atoms with E-state index in [9.17, 15) is 9.59 Å². The number of hydrogen-bond donors (Lipinski definition) is 0. The van der Waals surface area contributed by atoms with Crippen molar-refractivity contribution in [3.8, 4) is 23.0 Å². The van der Waals surface area contributed by atoms with E-state index in [2.05, 4.69) is 89.2 Å². The fraction of sp³-hybridized carbons (Fsp3) is 0.200.